The Balaban J connectivity index is 1.53. The minimum atomic E-state index is -0.759. The van der Waals surface area contributed by atoms with Crippen LogP contribution in [0.4, 0.5) is 0 Å². The van der Waals surface area contributed by atoms with Crippen molar-refractivity contribution < 1.29 is 18.7 Å². The maximum Gasteiger partial charge on any atom is 0.353 e. The van der Waals surface area contributed by atoms with Crippen LogP contribution in [0.5, 0.6) is 5.75 Å². The second-order valence-electron chi connectivity index (χ2n) is 6.18. The number of thiophene rings is 1. The molecule has 0 saturated heterocycles. The molecule has 4 rings (SSSR count). The molecule has 0 unspecified atom stereocenters. The zero-order chi connectivity index (χ0) is 20.2. The molecular weight excluding hydrogens is 390 g/mol. The SMILES string of the molecule is O=C(Oc1ccc2cc(C(=O)NCc3ccccc3)c(=O)oc2c1)c1cccs1. The van der Waals surface area contributed by atoms with Gasteiger partial charge in [-0.1, -0.05) is 36.4 Å². The zero-order valence-corrected chi connectivity index (χ0v) is 15.9. The molecule has 2 heterocycles. The summed E-state index contributed by atoms with van der Waals surface area (Å²) < 4.78 is 10.6. The van der Waals surface area contributed by atoms with Gasteiger partial charge in [-0.25, -0.2) is 9.59 Å². The molecule has 0 radical (unpaired) electrons. The number of carbonyl (C=O) groups is 2. The number of amides is 1. The van der Waals surface area contributed by atoms with Crippen molar-refractivity contribution in [3.05, 3.63) is 98.5 Å². The summed E-state index contributed by atoms with van der Waals surface area (Å²) in [6.45, 7) is 0.300. The topological polar surface area (TPSA) is 85.6 Å². The summed E-state index contributed by atoms with van der Waals surface area (Å²) in [7, 11) is 0. The fourth-order valence-electron chi connectivity index (χ4n) is 2.74. The summed E-state index contributed by atoms with van der Waals surface area (Å²) >= 11 is 1.27. The van der Waals surface area contributed by atoms with Gasteiger partial charge in [0.1, 0.15) is 21.8 Å². The highest BCUT2D eigenvalue weighted by molar-refractivity contribution is 7.12. The Morgan fingerprint density at radius 3 is 2.59 bits per heavy atom. The number of nitrogens with one attached hydrogen (secondary N) is 1. The van der Waals surface area contributed by atoms with Gasteiger partial charge >= 0.3 is 11.6 Å². The number of fused-ring (bicyclic) bond motifs is 1. The number of benzene rings is 2. The number of esters is 1. The summed E-state index contributed by atoms with van der Waals surface area (Å²) in [5, 5.41) is 5.03. The normalized spacial score (nSPS) is 10.6. The summed E-state index contributed by atoms with van der Waals surface area (Å²) in [4.78, 5) is 37.2. The molecule has 0 spiro atoms. The molecule has 1 amide bonds. The smallest absolute Gasteiger partial charge is 0.353 e. The number of rotatable bonds is 5. The standard InChI is InChI=1S/C22H15NO5S/c24-20(23-13-14-5-2-1-3-6-14)17-11-15-8-9-16(12-18(15)28-21(17)25)27-22(26)19-7-4-10-29-19/h1-12H,13H2,(H,23,24). The number of carbonyl (C=O) groups excluding carboxylic acids is 2. The summed E-state index contributed by atoms with van der Waals surface area (Å²) in [5.41, 5.74) is 0.302. The van der Waals surface area contributed by atoms with Crippen molar-refractivity contribution in [2.75, 3.05) is 0 Å². The van der Waals surface area contributed by atoms with Crippen LogP contribution < -0.4 is 15.7 Å². The van der Waals surface area contributed by atoms with Gasteiger partial charge in [-0.2, -0.15) is 0 Å². The van der Waals surface area contributed by atoms with Crippen LogP contribution in [0.1, 0.15) is 25.6 Å². The maximum atomic E-state index is 12.4. The van der Waals surface area contributed by atoms with Crippen molar-refractivity contribution in [3.8, 4) is 5.75 Å². The first-order chi connectivity index (χ1) is 14.1. The van der Waals surface area contributed by atoms with Crippen LogP contribution in [0.3, 0.4) is 0 Å². The largest absolute Gasteiger partial charge is 0.422 e. The Hall–Kier alpha value is -3.71. The van der Waals surface area contributed by atoms with E-state index in [2.05, 4.69) is 5.32 Å². The maximum absolute atomic E-state index is 12.4. The van der Waals surface area contributed by atoms with Crippen LogP contribution >= 0.6 is 11.3 Å². The highest BCUT2D eigenvalue weighted by Crippen LogP contribution is 2.22. The highest BCUT2D eigenvalue weighted by Gasteiger charge is 2.15. The van der Waals surface area contributed by atoms with Crippen LogP contribution in [0.15, 0.2) is 81.3 Å². The van der Waals surface area contributed by atoms with Gasteiger partial charge in [-0.3, -0.25) is 4.79 Å². The minimum absolute atomic E-state index is 0.0863. The number of hydrogen-bond acceptors (Lipinski definition) is 6. The molecule has 2 aromatic carbocycles. The Labute approximate surface area is 169 Å². The lowest BCUT2D eigenvalue weighted by Crippen LogP contribution is -2.27. The summed E-state index contributed by atoms with van der Waals surface area (Å²) in [5.74, 6) is -0.753. The molecule has 0 aliphatic heterocycles. The Kier molecular flexibility index (Phi) is 5.22. The Bertz CT molecular complexity index is 1230. The molecule has 144 valence electrons. The molecular formula is C22H15NO5S. The lowest BCUT2D eigenvalue weighted by Gasteiger charge is -2.07. The van der Waals surface area contributed by atoms with Crippen molar-refractivity contribution in [1.29, 1.82) is 0 Å². The van der Waals surface area contributed by atoms with Gasteiger partial charge in [0.25, 0.3) is 5.91 Å². The summed E-state index contributed by atoms with van der Waals surface area (Å²) in [6, 6.07) is 18.9. The fourth-order valence-corrected chi connectivity index (χ4v) is 3.34. The van der Waals surface area contributed by atoms with Gasteiger partial charge in [0.15, 0.2) is 0 Å². The molecule has 0 atom stereocenters. The second kappa shape index (κ2) is 8.12. The van der Waals surface area contributed by atoms with Gasteiger partial charge in [-0.05, 0) is 35.2 Å². The fraction of sp³-hybridized carbons (Fsp3) is 0.0455. The van der Waals surface area contributed by atoms with Crippen molar-refractivity contribution in [2.45, 2.75) is 6.54 Å². The number of hydrogen-bond donors (Lipinski definition) is 1. The predicted octanol–water partition coefficient (Wildman–Crippen LogP) is 4.00. The number of ether oxygens (including phenoxy) is 1. The van der Waals surface area contributed by atoms with E-state index < -0.39 is 17.5 Å². The van der Waals surface area contributed by atoms with E-state index in [0.29, 0.717) is 16.8 Å². The van der Waals surface area contributed by atoms with Gasteiger partial charge in [0.2, 0.25) is 0 Å². The van der Waals surface area contributed by atoms with E-state index in [4.69, 9.17) is 9.15 Å². The average Bonchev–Trinajstić information content (AvgIpc) is 3.27. The van der Waals surface area contributed by atoms with Gasteiger partial charge in [-0.15, -0.1) is 11.3 Å². The van der Waals surface area contributed by atoms with Crippen LogP contribution in [-0.4, -0.2) is 11.9 Å². The van der Waals surface area contributed by atoms with Gasteiger partial charge in [0, 0.05) is 18.0 Å². The van der Waals surface area contributed by atoms with Gasteiger partial charge < -0.3 is 14.5 Å². The zero-order valence-electron chi connectivity index (χ0n) is 15.1. The lowest BCUT2D eigenvalue weighted by atomic mass is 10.1. The van der Waals surface area contributed by atoms with E-state index in [1.165, 1.54) is 23.5 Å². The first-order valence-corrected chi connectivity index (χ1v) is 9.64. The van der Waals surface area contributed by atoms with Crippen LogP contribution in [-0.2, 0) is 6.54 Å². The first kappa shape index (κ1) is 18.6. The highest BCUT2D eigenvalue weighted by atomic mass is 32.1. The monoisotopic (exact) mass is 405 g/mol. The molecule has 0 saturated carbocycles. The predicted molar refractivity (Wildman–Crippen MR) is 109 cm³/mol. The Morgan fingerprint density at radius 1 is 1.00 bits per heavy atom. The van der Waals surface area contributed by atoms with E-state index in [9.17, 15) is 14.4 Å². The molecule has 2 aromatic heterocycles. The van der Waals surface area contributed by atoms with Crippen LogP contribution in [0, 0.1) is 0 Å². The van der Waals surface area contributed by atoms with Crippen molar-refractivity contribution in [2.24, 2.45) is 0 Å². The average molecular weight is 405 g/mol. The molecule has 6 nitrogen and oxygen atoms in total. The van der Waals surface area contributed by atoms with Crippen molar-refractivity contribution >= 4 is 34.2 Å². The molecule has 0 bridgehead atoms. The molecule has 4 aromatic rings. The summed E-state index contributed by atoms with van der Waals surface area (Å²) in [6.07, 6.45) is 0. The van der Waals surface area contributed by atoms with Crippen LogP contribution in [0.25, 0.3) is 11.0 Å². The third kappa shape index (κ3) is 4.25. The van der Waals surface area contributed by atoms with E-state index in [1.54, 1.807) is 29.6 Å². The van der Waals surface area contributed by atoms with E-state index in [0.717, 1.165) is 5.56 Å². The minimum Gasteiger partial charge on any atom is -0.422 e. The molecule has 1 N–H and O–H groups in total. The molecule has 0 aliphatic carbocycles. The third-order valence-corrected chi connectivity index (χ3v) is 5.03. The van der Waals surface area contributed by atoms with E-state index in [1.807, 2.05) is 30.3 Å². The molecule has 0 aliphatic rings. The molecule has 29 heavy (non-hydrogen) atoms. The van der Waals surface area contributed by atoms with E-state index >= 15 is 0 Å². The lowest BCUT2D eigenvalue weighted by molar-refractivity contribution is 0.0739. The third-order valence-electron chi connectivity index (χ3n) is 4.18. The quantitative estimate of drug-likeness (QED) is 0.308. The van der Waals surface area contributed by atoms with E-state index in [-0.39, 0.29) is 16.9 Å². The molecule has 7 heteroatoms. The van der Waals surface area contributed by atoms with Crippen LogP contribution in [0.2, 0.25) is 0 Å². The van der Waals surface area contributed by atoms with Crippen molar-refractivity contribution in [1.82, 2.24) is 5.32 Å². The van der Waals surface area contributed by atoms with Gasteiger partial charge in [0.05, 0.1) is 0 Å². The second-order valence-corrected chi connectivity index (χ2v) is 7.13. The molecule has 0 fully saturated rings. The Morgan fingerprint density at radius 2 is 1.83 bits per heavy atom. The first-order valence-electron chi connectivity index (χ1n) is 8.76. The van der Waals surface area contributed by atoms with Crippen molar-refractivity contribution in [3.63, 3.8) is 0 Å².